The first-order chi connectivity index (χ1) is 15.4. The number of ether oxygens (including phenoxy) is 1. The Morgan fingerprint density at radius 2 is 1.81 bits per heavy atom. The fourth-order valence-corrected chi connectivity index (χ4v) is 3.57. The summed E-state index contributed by atoms with van der Waals surface area (Å²) in [4.78, 5) is 20.9. The molecule has 4 rings (SSSR count). The number of para-hydroxylation sites is 1. The van der Waals surface area contributed by atoms with E-state index >= 15 is 0 Å². The number of hydrogen-bond donors (Lipinski definition) is 0. The predicted molar refractivity (Wildman–Crippen MR) is 122 cm³/mol. The van der Waals surface area contributed by atoms with Crippen LogP contribution in [0, 0.1) is 12.7 Å². The lowest BCUT2D eigenvalue weighted by atomic mass is 9.96. The van der Waals surface area contributed by atoms with Crippen LogP contribution >= 0.6 is 0 Å². The summed E-state index contributed by atoms with van der Waals surface area (Å²) in [5.41, 5.74) is 3.86. The molecule has 5 nitrogen and oxygen atoms in total. The van der Waals surface area contributed by atoms with Crippen LogP contribution in [0.1, 0.15) is 29.7 Å². The first-order valence-corrected chi connectivity index (χ1v) is 10.4. The van der Waals surface area contributed by atoms with Crippen molar-refractivity contribution < 1.29 is 9.13 Å². The quantitative estimate of drug-likeness (QED) is 0.410. The lowest BCUT2D eigenvalue weighted by Crippen LogP contribution is -2.14. The number of rotatable bonds is 6. The van der Waals surface area contributed by atoms with Crippen LogP contribution in [-0.4, -0.2) is 14.5 Å². The van der Waals surface area contributed by atoms with E-state index in [1.54, 1.807) is 38.4 Å². The number of nitrogens with zero attached hydrogens (tertiary/aromatic N) is 3. The predicted octanol–water partition coefficient (Wildman–Crippen LogP) is 5.43. The van der Waals surface area contributed by atoms with E-state index in [9.17, 15) is 9.18 Å². The van der Waals surface area contributed by atoms with Gasteiger partial charge in [-0.2, -0.15) is 9.97 Å². The molecule has 0 aliphatic heterocycles. The minimum atomic E-state index is -0.472. The summed E-state index contributed by atoms with van der Waals surface area (Å²) in [5, 5.41) is 0. The Balaban J connectivity index is 1.75. The molecule has 0 spiro atoms. The second-order valence-electron chi connectivity index (χ2n) is 7.90. The standard InChI is InChI=1S/C26H24FN3O2/c1-17-8-7-11-22(27)25(17)32-26-28-21(14-18(2)19-9-5-4-6-10-19)15-23(29-26)20-12-13-24(31)30(3)16-20/h4-13,15-16,18H,14H2,1-3H3. The van der Waals surface area contributed by atoms with Gasteiger partial charge in [0.25, 0.3) is 0 Å². The number of halogens is 1. The zero-order valence-electron chi connectivity index (χ0n) is 18.2. The molecule has 2 heterocycles. The van der Waals surface area contributed by atoms with Gasteiger partial charge in [0, 0.05) is 30.6 Å². The number of benzene rings is 2. The third-order valence-corrected chi connectivity index (χ3v) is 5.38. The van der Waals surface area contributed by atoms with Crippen molar-refractivity contribution >= 4 is 0 Å². The normalized spacial score (nSPS) is 11.9. The molecule has 32 heavy (non-hydrogen) atoms. The van der Waals surface area contributed by atoms with E-state index in [4.69, 9.17) is 4.74 Å². The van der Waals surface area contributed by atoms with Crippen LogP contribution in [0.15, 0.2) is 77.7 Å². The molecule has 1 atom stereocenters. The molecule has 2 aromatic heterocycles. The van der Waals surface area contributed by atoms with Crippen LogP contribution in [0.25, 0.3) is 11.3 Å². The van der Waals surface area contributed by atoms with Gasteiger partial charge in [0.05, 0.1) is 5.69 Å². The Hall–Kier alpha value is -3.80. The molecule has 0 fully saturated rings. The average Bonchev–Trinajstić information content (AvgIpc) is 2.78. The topological polar surface area (TPSA) is 57.0 Å². The van der Waals surface area contributed by atoms with Gasteiger partial charge in [-0.25, -0.2) is 4.39 Å². The van der Waals surface area contributed by atoms with Crippen LogP contribution in [0.3, 0.4) is 0 Å². The highest BCUT2D eigenvalue weighted by molar-refractivity contribution is 5.58. The Morgan fingerprint density at radius 3 is 2.53 bits per heavy atom. The van der Waals surface area contributed by atoms with E-state index < -0.39 is 5.82 Å². The Morgan fingerprint density at radius 1 is 1.03 bits per heavy atom. The van der Waals surface area contributed by atoms with Gasteiger partial charge in [0.2, 0.25) is 5.56 Å². The molecule has 0 N–H and O–H groups in total. The Bertz CT molecular complexity index is 1280. The Kier molecular flexibility index (Phi) is 6.12. The first kappa shape index (κ1) is 21.4. The van der Waals surface area contributed by atoms with Crippen molar-refractivity contribution in [2.24, 2.45) is 7.05 Å². The third-order valence-electron chi connectivity index (χ3n) is 5.38. The molecule has 0 saturated carbocycles. The lowest BCUT2D eigenvalue weighted by molar-refractivity contribution is 0.406. The summed E-state index contributed by atoms with van der Waals surface area (Å²) in [6.07, 6.45) is 2.37. The molecule has 4 aromatic rings. The fraction of sp³-hybridized carbons (Fsp3) is 0.192. The average molecular weight is 429 g/mol. The number of aryl methyl sites for hydroxylation is 2. The number of pyridine rings is 1. The maximum Gasteiger partial charge on any atom is 0.322 e. The van der Waals surface area contributed by atoms with Gasteiger partial charge in [-0.05, 0) is 48.6 Å². The summed E-state index contributed by atoms with van der Waals surface area (Å²) in [7, 11) is 1.69. The summed E-state index contributed by atoms with van der Waals surface area (Å²) in [6.45, 7) is 3.90. The zero-order chi connectivity index (χ0) is 22.7. The van der Waals surface area contributed by atoms with E-state index in [0.29, 0.717) is 17.7 Å². The number of aromatic nitrogens is 3. The maximum atomic E-state index is 14.4. The maximum absolute atomic E-state index is 14.4. The van der Waals surface area contributed by atoms with Crippen molar-refractivity contribution in [1.82, 2.24) is 14.5 Å². The van der Waals surface area contributed by atoms with Crippen molar-refractivity contribution in [3.63, 3.8) is 0 Å². The van der Waals surface area contributed by atoms with Gasteiger partial charge in [0.1, 0.15) is 0 Å². The molecule has 2 aromatic carbocycles. The fourth-order valence-electron chi connectivity index (χ4n) is 3.57. The van der Waals surface area contributed by atoms with E-state index in [1.165, 1.54) is 22.3 Å². The molecule has 0 bridgehead atoms. The van der Waals surface area contributed by atoms with Crippen molar-refractivity contribution in [2.75, 3.05) is 0 Å². The number of hydrogen-bond acceptors (Lipinski definition) is 4. The van der Waals surface area contributed by atoms with Crippen molar-refractivity contribution in [3.05, 3.63) is 106 Å². The van der Waals surface area contributed by atoms with E-state index in [0.717, 1.165) is 11.3 Å². The van der Waals surface area contributed by atoms with Crippen LogP contribution in [0.5, 0.6) is 11.8 Å². The van der Waals surface area contributed by atoms with Crippen molar-refractivity contribution in [3.8, 4) is 23.0 Å². The van der Waals surface area contributed by atoms with Crippen LogP contribution in [-0.2, 0) is 13.5 Å². The molecule has 0 aliphatic carbocycles. The lowest BCUT2D eigenvalue weighted by Gasteiger charge is -2.14. The van der Waals surface area contributed by atoms with Gasteiger partial charge in [-0.3, -0.25) is 4.79 Å². The highest BCUT2D eigenvalue weighted by Crippen LogP contribution is 2.29. The van der Waals surface area contributed by atoms with Gasteiger partial charge < -0.3 is 9.30 Å². The molecular weight excluding hydrogens is 405 g/mol. The highest BCUT2D eigenvalue weighted by atomic mass is 19.1. The van der Waals surface area contributed by atoms with Crippen molar-refractivity contribution in [2.45, 2.75) is 26.2 Å². The monoisotopic (exact) mass is 429 g/mol. The second kappa shape index (κ2) is 9.14. The summed E-state index contributed by atoms with van der Waals surface area (Å²) in [5.74, 6) is -0.158. The van der Waals surface area contributed by atoms with E-state index in [-0.39, 0.29) is 23.2 Å². The zero-order valence-corrected chi connectivity index (χ0v) is 18.2. The summed E-state index contributed by atoms with van der Waals surface area (Å²) < 4.78 is 21.7. The smallest absolute Gasteiger partial charge is 0.322 e. The van der Waals surface area contributed by atoms with Crippen molar-refractivity contribution in [1.29, 1.82) is 0 Å². The van der Waals surface area contributed by atoms with Crippen LogP contribution in [0.4, 0.5) is 4.39 Å². The van der Waals surface area contributed by atoms with E-state index in [1.807, 2.05) is 24.3 Å². The molecule has 0 radical (unpaired) electrons. The third kappa shape index (κ3) is 4.75. The Labute approximate surface area is 186 Å². The SMILES string of the molecule is Cc1cccc(F)c1Oc1nc(CC(C)c2ccccc2)cc(-c2ccc(=O)n(C)c2)n1. The molecule has 162 valence electrons. The van der Waals surface area contributed by atoms with E-state index in [2.05, 4.69) is 29.0 Å². The summed E-state index contributed by atoms with van der Waals surface area (Å²) in [6, 6.07) is 20.1. The van der Waals surface area contributed by atoms with Crippen LogP contribution in [0.2, 0.25) is 0 Å². The molecule has 0 amide bonds. The molecule has 0 saturated heterocycles. The van der Waals surface area contributed by atoms with Gasteiger partial charge in [0.15, 0.2) is 11.6 Å². The van der Waals surface area contributed by atoms with Crippen LogP contribution < -0.4 is 10.3 Å². The minimum absolute atomic E-state index is 0.0693. The summed E-state index contributed by atoms with van der Waals surface area (Å²) >= 11 is 0. The minimum Gasteiger partial charge on any atom is -0.421 e. The largest absolute Gasteiger partial charge is 0.421 e. The second-order valence-corrected chi connectivity index (χ2v) is 7.90. The van der Waals surface area contributed by atoms with Gasteiger partial charge in [-0.1, -0.05) is 49.4 Å². The molecular formula is C26H24FN3O2. The first-order valence-electron chi connectivity index (χ1n) is 10.4. The molecule has 0 aliphatic rings. The molecule has 1 unspecified atom stereocenters. The molecule has 6 heteroatoms. The van der Waals surface area contributed by atoms with Gasteiger partial charge in [-0.15, -0.1) is 0 Å². The van der Waals surface area contributed by atoms with Gasteiger partial charge >= 0.3 is 6.01 Å². The highest BCUT2D eigenvalue weighted by Gasteiger charge is 2.15.